The van der Waals surface area contributed by atoms with Crippen LogP contribution in [-0.2, 0) is 4.79 Å². The van der Waals surface area contributed by atoms with Gasteiger partial charge in [0.25, 0.3) is 5.91 Å². The van der Waals surface area contributed by atoms with Gasteiger partial charge >= 0.3 is 0 Å². The van der Waals surface area contributed by atoms with Gasteiger partial charge in [0.1, 0.15) is 5.82 Å². The first-order valence-electron chi connectivity index (χ1n) is 10.8. The molecule has 1 atom stereocenters. The minimum atomic E-state index is -0.404. The lowest BCUT2D eigenvalue weighted by Crippen LogP contribution is -2.56. The fourth-order valence-electron chi connectivity index (χ4n) is 4.70. The van der Waals surface area contributed by atoms with Gasteiger partial charge in [-0.1, -0.05) is 37.1 Å². The summed E-state index contributed by atoms with van der Waals surface area (Å²) >= 11 is 0. The van der Waals surface area contributed by atoms with Crippen LogP contribution in [0.5, 0.6) is 0 Å². The molecular formula is C24H28FN3O2. The molecule has 2 aromatic carbocycles. The van der Waals surface area contributed by atoms with Crippen LogP contribution in [0.1, 0.15) is 36.0 Å². The smallest absolute Gasteiger partial charge is 0.254 e. The van der Waals surface area contributed by atoms with Crippen LogP contribution in [0.2, 0.25) is 0 Å². The summed E-state index contributed by atoms with van der Waals surface area (Å²) in [5.41, 5.74) is 1.18. The zero-order valence-corrected chi connectivity index (χ0v) is 17.1. The second kappa shape index (κ2) is 9.39. The summed E-state index contributed by atoms with van der Waals surface area (Å²) < 4.78 is 13.5. The summed E-state index contributed by atoms with van der Waals surface area (Å²) in [6.45, 7) is 2.36. The molecule has 0 radical (unpaired) electrons. The van der Waals surface area contributed by atoms with Crippen LogP contribution in [0.25, 0.3) is 0 Å². The Labute approximate surface area is 176 Å². The molecule has 0 bridgehead atoms. The van der Waals surface area contributed by atoms with Crippen LogP contribution >= 0.6 is 0 Å². The molecule has 4 rings (SSSR count). The van der Waals surface area contributed by atoms with Crippen molar-refractivity contribution in [2.45, 2.75) is 31.7 Å². The van der Waals surface area contributed by atoms with E-state index in [1.54, 1.807) is 17.0 Å². The van der Waals surface area contributed by atoms with Gasteiger partial charge in [0.15, 0.2) is 0 Å². The first kappa shape index (κ1) is 20.5. The minimum absolute atomic E-state index is 0.0398. The second-order valence-electron chi connectivity index (χ2n) is 8.18. The van der Waals surface area contributed by atoms with E-state index in [0.29, 0.717) is 37.7 Å². The number of benzene rings is 2. The second-order valence-corrected chi connectivity index (χ2v) is 8.18. The van der Waals surface area contributed by atoms with Crippen LogP contribution in [0.15, 0.2) is 54.6 Å². The van der Waals surface area contributed by atoms with E-state index in [-0.39, 0.29) is 17.9 Å². The van der Waals surface area contributed by atoms with Crippen molar-refractivity contribution in [3.05, 3.63) is 66.0 Å². The predicted molar refractivity (Wildman–Crippen MR) is 115 cm³/mol. The Bertz CT molecular complexity index is 875. The molecule has 0 spiro atoms. The molecule has 6 heteroatoms. The molecule has 1 aliphatic carbocycles. The third-order valence-electron chi connectivity index (χ3n) is 6.22. The van der Waals surface area contributed by atoms with E-state index in [2.05, 4.69) is 10.2 Å². The molecular weight excluding hydrogens is 381 g/mol. The number of nitrogens with zero attached hydrogens (tertiary/aromatic N) is 2. The van der Waals surface area contributed by atoms with Crippen molar-refractivity contribution in [1.82, 2.24) is 9.80 Å². The van der Waals surface area contributed by atoms with Crippen LogP contribution < -0.4 is 5.32 Å². The molecule has 2 aliphatic rings. The van der Waals surface area contributed by atoms with E-state index in [1.165, 1.54) is 12.1 Å². The fraction of sp³-hybridized carbons (Fsp3) is 0.417. The van der Waals surface area contributed by atoms with Crippen molar-refractivity contribution >= 4 is 17.5 Å². The Kier molecular flexibility index (Phi) is 6.43. The number of hydrogen-bond donors (Lipinski definition) is 1. The molecule has 1 saturated heterocycles. The van der Waals surface area contributed by atoms with Crippen molar-refractivity contribution in [2.75, 3.05) is 31.5 Å². The SMILES string of the molecule is O=C(Nc1ccccc1)C(C1CCCC1)N1CCN(C(=O)c2cccc(F)c2)CC1. The standard InChI is InChI=1S/C24H28FN3O2/c25-20-10-6-9-19(17-20)24(30)28-15-13-27(14-16-28)22(18-7-4-5-8-18)23(29)26-21-11-2-1-3-12-21/h1-3,6,9-12,17-18,22H,4-5,7-8,13-16H2,(H,26,29). The highest BCUT2D eigenvalue weighted by Crippen LogP contribution is 2.31. The van der Waals surface area contributed by atoms with Gasteiger partial charge in [-0.05, 0) is 49.1 Å². The zero-order chi connectivity index (χ0) is 20.9. The molecule has 1 N–H and O–H groups in total. The molecule has 2 fully saturated rings. The maximum atomic E-state index is 13.5. The number of carbonyl (C=O) groups excluding carboxylic acids is 2. The number of anilines is 1. The monoisotopic (exact) mass is 409 g/mol. The summed E-state index contributed by atoms with van der Waals surface area (Å²) in [6, 6.07) is 15.2. The molecule has 1 unspecified atom stereocenters. The van der Waals surface area contributed by atoms with E-state index in [1.807, 2.05) is 30.3 Å². The average Bonchev–Trinajstić information content (AvgIpc) is 3.29. The Balaban J connectivity index is 1.42. The molecule has 2 amide bonds. The summed E-state index contributed by atoms with van der Waals surface area (Å²) in [5, 5.41) is 3.08. The highest BCUT2D eigenvalue weighted by molar-refractivity contribution is 5.95. The number of nitrogens with one attached hydrogen (secondary N) is 1. The topological polar surface area (TPSA) is 52.7 Å². The molecule has 30 heavy (non-hydrogen) atoms. The Morgan fingerprint density at radius 1 is 0.933 bits per heavy atom. The van der Waals surface area contributed by atoms with E-state index in [9.17, 15) is 14.0 Å². The van der Waals surface area contributed by atoms with Gasteiger partial charge in [0.2, 0.25) is 5.91 Å². The molecule has 5 nitrogen and oxygen atoms in total. The summed E-state index contributed by atoms with van der Waals surface area (Å²) in [5.74, 6) is -0.171. The predicted octanol–water partition coefficient (Wildman–Crippen LogP) is 3.78. The number of rotatable bonds is 5. The van der Waals surface area contributed by atoms with Crippen LogP contribution in [-0.4, -0.2) is 53.8 Å². The number of hydrogen-bond acceptors (Lipinski definition) is 3. The summed E-state index contributed by atoms with van der Waals surface area (Å²) in [7, 11) is 0. The van der Waals surface area contributed by atoms with Gasteiger partial charge < -0.3 is 10.2 Å². The van der Waals surface area contributed by atoms with Gasteiger partial charge in [-0.15, -0.1) is 0 Å². The van der Waals surface area contributed by atoms with Gasteiger partial charge in [-0.2, -0.15) is 0 Å². The minimum Gasteiger partial charge on any atom is -0.336 e. The third kappa shape index (κ3) is 4.70. The number of piperazine rings is 1. The Hall–Kier alpha value is -2.73. The van der Waals surface area contributed by atoms with Crippen molar-refractivity contribution in [3.63, 3.8) is 0 Å². The number of carbonyl (C=O) groups is 2. The van der Waals surface area contributed by atoms with Crippen molar-refractivity contribution in [3.8, 4) is 0 Å². The van der Waals surface area contributed by atoms with E-state index in [4.69, 9.17) is 0 Å². The van der Waals surface area contributed by atoms with Gasteiger partial charge in [-0.25, -0.2) is 4.39 Å². The lowest BCUT2D eigenvalue weighted by molar-refractivity contribution is -0.123. The van der Waals surface area contributed by atoms with E-state index < -0.39 is 5.82 Å². The van der Waals surface area contributed by atoms with Crippen molar-refractivity contribution in [2.24, 2.45) is 5.92 Å². The van der Waals surface area contributed by atoms with Gasteiger partial charge in [0, 0.05) is 37.4 Å². The molecule has 1 heterocycles. The molecule has 158 valence electrons. The van der Waals surface area contributed by atoms with E-state index >= 15 is 0 Å². The Morgan fingerprint density at radius 3 is 2.30 bits per heavy atom. The van der Waals surface area contributed by atoms with E-state index in [0.717, 1.165) is 31.4 Å². The van der Waals surface area contributed by atoms with Crippen molar-refractivity contribution < 1.29 is 14.0 Å². The molecule has 1 aliphatic heterocycles. The summed E-state index contributed by atoms with van der Waals surface area (Å²) in [4.78, 5) is 29.9. The fourth-order valence-corrected chi connectivity index (χ4v) is 4.70. The normalized spacial score (nSPS) is 18.9. The number of amides is 2. The quantitative estimate of drug-likeness (QED) is 0.818. The van der Waals surface area contributed by atoms with Crippen LogP contribution in [0.3, 0.4) is 0 Å². The molecule has 2 aromatic rings. The van der Waals surface area contributed by atoms with Crippen molar-refractivity contribution in [1.29, 1.82) is 0 Å². The summed E-state index contributed by atoms with van der Waals surface area (Å²) in [6.07, 6.45) is 4.46. The van der Waals surface area contributed by atoms with Gasteiger partial charge in [-0.3, -0.25) is 14.5 Å². The molecule has 0 aromatic heterocycles. The third-order valence-corrected chi connectivity index (χ3v) is 6.22. The average molecular weight is 410 g/mol. The zero-order valence-electron chi connectivity index (χ0n) is 17.1. The van der Waals surface area contributed by atoms with Gasteiger partial charge in [0.05, 0.1) is 6.04 Å². The number of halogens is 1. The lowest BCUT2D eigenvalue weighted by Gasteiger charge is -2.40. The number of para-hydroxylation sites is 1. The van der Waals surface area contributed by atoms with Crippen LogP contribution in [0, 0.1) is 11.7 Å². The highest BCUT2D eigenvalue weighted by atomic mass is 19.1. The first-order valence-corrected chi connectivity index (χ1v) is 10.8. The lowest BCUT2D eigenvalue weighted by atomic mass is 9.94. The highest BCUT2D eigenvalue weighted by Gasteiger charge is 2.37. The molecule has 1 saturated carbocycles. The maximum absolute atomic E-state index is 13.5. The largest absolute Gasteiger partial charge is 0.336 e. The first-order chi connectivity index (χ1) is 14.6. The Morgan fingerprint density at radius 2 is 1.63 bits per heavy atom. The maximum Gasteiger partial charge on any atom is 0.254 e. The van der Waals surface area contributed by atoms with Crippen LogP contribution in [0.4, 0.5) is 10.1 Å².